The molecule has 0 saturated carbocycles. The lowest BCUT2D eigenvalue weighted by atomic mass is 10.00. The summed E-state index contributed by atoms with van der Waals surface area (Å²) in [5.74, 6) is -0.201. The molecule has 0 saturated heterocycles. The number of hydrogen-bond donors (Lipinski definition) is 2. The van der Waals surface area contributed by atoms with Crippen LogP contribution in [0.4, 0.5) is 4.39 Å². The molecule has 0 fully saturated rings. The molecule has 31 heavy (non-hydrogen) atoms. The number of nitrogens with zero attached hydrogens (tertiary/aromatic N) is 4. The van der Waals surface area contributed by atoms with Crippen LogP contribution < -0.4 is 10.9 Å². The first kappa shape index (κ1) is 20.8. The lowest BCUT2D eigenvalue weighted by Gasteiger charge is -2.09. The normalized spacial score (nSPS) is 11.4. The summed E-state index contributed by atoms with van der Waals surface area (Å²) in [6.45, 7) is 4.03. The van der Waals surface area contributed by atoms with Crippen molar-refractivity contribution in [2.75, 3.05) is 0 Å². The number of aromatic amines is 1. The van der Waals surface area contributed by atoms with Gasteiger partial charge in [0.2, 0.25) is 0 Å². The highest BCUT2D eigenvalue weighted by molar-refractivity contribution is 6.30. The fraction of sp³-hybridized carbons (Fsp3) is 0.238. The lowest BCUT2D eigenvalue weighted by Crippen LogP contribution is -2.25. The van der Waals surface area contributed by atoms with Crippen molar-refractivity contribution in [3.8, 4) is 11.4 Å². The molecule has 3 heterocycles. The van der Waals surface area contributed by atoms with Crippen LogP contribution in [0.5, 0.6) is 0 Å². The van der Waals surface area contributed by atoms with Crippen molar-refractivity contribution < 1.29 is 9.18 Å². The second-order valence-corrected chi connectivity index (χ2v) is 7.88. The zero-order valence-corrected chi connectivity index (χ0v) is 17.9. The Hall–Kier alpha value is -3.46. The number of aryl methyl sites for hydroxylation is 1. The molecule has 1 amide bonds. The first-order valence-corrected chi connectivity index (χ1v) is 9.99. The van der Waals surface area contributed by atoms with Crippen molar-refractivity contribution in [1.29, 1.82) is 0 Å². The number of hydrogen-bond acceptors (Lipinski definition) is 4. The molecule has 3 aromatic heterocycles. The van der Waals surface area contributed by atoms with Crippen LogP contribution in [0.15, 0.2) is 41.6 Å². The molecule has 0 spiro atoms. The quantitative estimate of drug-likeness (QED) is 0.495. The van der Waals surface area contributed by atoms with Gasteiger partial charge in [0, 0.05) is 36.8 Å². The minimum absolute atomic E-state index is 0.0260. The second-order valence-electron chi connectivity index (χ2n) is 7.47. The van der Waals surface area contributed by atoms with Gasteiger partial charge in [-0.1, -0.05) is 25.4 Å². The number of H-pyrrole nitrogens is 1. The van der Waals surface area contributed by atoms with Crippen molar-refractivity contribution in [3.63, 3.8) is 0 Å². The van der Waals surface area contributed by atoms with Gasteiger partial charge in [-0.05, 0) is 24.1 Å². The van der Waals surface area contributed by atoms with E-state index in [9.17, 15) is 14.0 Å². The molecule has 0 aliphatic carbocycles. The first-order chi connectivity index (χ1) is 14.8. The second kappa shape index (κ2) is 7.99. The number of amides is 1. The summed E-state index contributed by atoms with van der Waals surface area (Å²) in [5.41, 5.74) is 1.14. The predicted molar refractivity (Wildman–Crippen MR) is 115 cm³/mol. The molecule has 0 bridgehead atoms. The molecule has 8 nitrogen and oxygen atoms in total. The number of aromatic nitrogens is 5. The summed E-state index contributed by atoms with van der Waals surface area (Å²) in [6.07, 6.45) is 4.96. The standard InChI is InChI=1S/C21H20ClFN6O2/c1-11(2)17-13(20(30)25-9-16-24-6-7-28(16)3)10-29-18(17)21(31)26-19(27-29)12-4-5-14(22)15(23)8-12/h4-8,10-11H,9H2,1-3H3,(H,25,30)(H,26,27,31). The van der Waals surface area contributed by atoms with Crippen LogP contribution in [0.2, 0.25) is 5.02 Å². The summed E-state index contributed by atoms with van der Waals surface area (Å²) < 4.78 is 17.0. The van der Waals surface area contributed by atoms with Crippen LogP contribution >= 0.6 is 11.6 Å². The molecule has 0 atom stereocenters. The molecule has 10 heteroatoms. The van der Waals surface area contributed by atoms with E-state index in [0.717, 1.165) is 0 Å². The van der Waals surface area contributed by atoms with E-state index in [4.69, 9.17) is 11.6 Å². The number of halogens is 2. The Kier molecular flexibility index (Phi) is 5.36. The Morgan fingerprint density at radius 2 is 2.13 bits per heavy atom. The highest BCUT2D eigenvalue weighted by Crippen LogP contribution is 2.26. The molecule has 2 N–H and O–H groups in total. The lowest BCUT2D eigenvalue weighted by molar-refractivity contribution is 0.0948. The van der Waals surface area contributed by atoms with Crippen LogP contribution in [-0.2, 0) is 13.6 Å². The molecule has 160 valence electrons. The van der Waals surface area contributed by atoms with E-state index in [-0.39, 0.29) is 34.7 Å². The van der Waals surface area contributed by atoms with Gasteiger partial charge in [0.1, 0.15) is 17.2 Å². The number of benzene rings is 1. The van der Waals surface area contributed by atoms with Crippen molar-refractivity contribution in [3.05, 3.63) is 74.9 Å². The van der Waals surface area contributed by atoms with E-state index in [1.165, 1.54) is 22.8 Å². The number of carbonyl (C=O) groups is 1. The Balaban J connectivity index is 1.77. The highest BCUT2D eigenvalue weighted by Gasteiger charge is 2.23. The van der Waals surface area contributed by atoms with Crippen LogP contribution in [0.3, 0.4) is 0 Å². The Morgan fingerprint density at radius 3 is 2.77 bits per heavy atom. The van der Waals surface area contributed by atoms with Crippen LogP contribution in [-0.4, -0.2) is 30.1 Å². The summed E-state index contributed by atoms with van der Waals surface area (Å²) in [5, 5.41) is 7.21. The molecule has 0 radical (unpaired) electrons. The van der Waals surface area contributed by atoms with E-state index in [0.29, 0.717) is 22.5 Å². The third-order valence-electron chi connectivity index (χ3n) is 5.02. The number of imidazole rings is 1. The van der Waals surface area contributed by atoms with Crippen LogP contribution in [0, 0.1) is 5.82 Å². The maximum Gasteiger partial charge on any atom is 0.275 e. The topological polar surface area (TPSA) is 97.1 Å². The minimum Gasteiger partial charge on any atom is -0.345 e. The molecule has 0 aliphatic rings. The van der Waals surface area contributed by atoms with Crippen LogP contribution in [0.1, 0.15) is 41.5 Å². The fourth-order valence-electron chi connectivity index (χ4n) is 3.47. The SMILES string of the molecule is CC(C)c1c(C(=O)NCc2nccn2C)cn2nc(-c3ccc(Cl)c(F)c3)[nH]c(=O)c12. The van der Waals surface area contributed by atoms with Gasteiger partial charge in [-0.15, -0.1) is 5.10 Å². The fourth-order valence-corrected chi connectivity index (χ4v) is 3.59. The average molecular weight is 443 g/mol. The average Bonchev–Trinajstić information content (AvgIpc) is 3.32. The minimum atomic E-state index is -0.619. The van der Waals surface area contributed by atoms with Gasteiger partial charge in [0.25, 0.3) is 11.5 Å². The number of fused-ring (bicyclic) bond motifs is 1. The molecular formula is C21H20ClFN6O2. The monoisotopic (exact) mass is 442 g/mol. The Morgan fingerprint density at radius 1 is 1.35 bits per heavy atom. The van der Waals surface area contributed by atoms with Crippen molar-refractivity contribution in [2.45, 2.75) is 26.3 Å². The summed E-state index contributed by atoms with van der Waals surface area (Å²) in [7, 11) is 1.84. The number of nitrogens with one attached hydrogen (secondary N) is 2. The van der Waals surface area contributed by atoms with Gasteiger partial charge >= 0.3 is 0 Å². The van der Waals surface area contributed by atoms with Gasteiger partial charge < -0.3 is 14.9 Å². The van der Waals surface area contributed by atoms with Crippen molar-refractivity contribution in [2.24, 2.45) is 7.05 Å². The van der Waals surface area contributed by atoms with E-state index in [1.54, 1.807) is 18.5 Å². The van der Waals surface area contributed by atoms with E-state index < -0.39 is 11.4 Å². The molecular weight excluding hydrogens is 423 g/mol. The summed E-state index contributed by atoms with van der Waals surface area (Å²) >= 11 is 5.74. The third-order valence-corrected chi connectivity index (χ3v) is 5.33. The largest absolute Gasteiger partial charge is 0.345 e. The van der Waals surface area contributed by atoms with Crippen molar-refractivity contribution >= 4 is 23.0 Å². The molecule has 0 aliphatic heterocycles. The van der Waals surface area contributed by atoms with E-state index >= 15 is 0 Å². The van der Waals surface area contributed by atoms with E-state index in [2.05, 4.69) is 20.4 Å². The third kappa shape index (κ3) is 3.84. The summed E-state index contributed by atoms with van der Waals surface area (Å²) in [4.78, 5) is 32.7. The van der Waals surface area contributed by atoms with Gasteiger partial charge in [-0.2, -0.15) is 0 Å². The maximum absolute atomic E-state index is 13.9. The van der Waals surface area contributed by atoms with Gasteiger partial charge in [-0.3, -0.25) is 9.59 Å². The smallest absolute Gasteiger partial charge is 0.275 e. The molecule has 0 unspecified atom stereocenters. The Bertz CT molecular complexity index is 1350. The first-order valence-electron chi connectivity index (χ1n) is 9.61. The molecule has 1 aromatic carbocycles. The zero-order valence-electron chi connectivity index (χ0n) is 17.1. The predicted octanol–water partition coefficient (Wildman–Crippen LogP) is 3.27. The number of carbonyl (C=O) groups excluding carboxylic acids is 1. The summed E-state index contributed by atoms with van der Waals surface area (Å²) in [6, 6.07) is 4.14. The Labute approximate surface area is 181 Å². The molecule has 4 rings (SSSR count). The highest BCUT2D eigenvalue weighted by atomic mass is 35.5. The maximum atomic E-state index is 13.9. The molecule has 4 aromatic rings. The van der Waals surface area contributed by atoms with E-state index in [1.807, 2.05) is 25.5 Å². The number of rotatable bonds is 5. The van der Waals surface area contributed by atoms with Crippen LogP contribution in [0.25, 0.3) is 16.9 Å². The van der Waals surface area contributed by atoms with Crippen molar-refractivity contribution in [1.82, 2.24) is 29.5 Å². The van der Waals surface area contributed by atoms with Gasteiger partial charge in [0.15, 0.2) is 5.82 Å². The van der Waals surface area contributed by atoms with Gasteiger partial charge in [-0.25, -0.2) is 13.9 Å². The van der Waals surface area contributed by atoms with Gasteiger partial charge in [0.05, 0.1) is 17.1 Å². The zero-order chi connectivity index (χ0) is 22.3.